The van der Waals surface area contributed by atoms with Crippen molar-refractivity contribution < 1.29 is 9.18 Å². The molecule has 1 amide bonds. The molecule has 0 fully saturated rings. The number of carbonyl (C=O) groups is 1. The van der Waals surface area contributed by atoms with E-state index in [2.05, 4.69) is 20.7 Å². The van der Waals surface area contributed by atoms with Crippen LogP contribution in [0.25, 0.3) is 0 Å². The number of benzene rings is 1. The monoisotopic (exact) mass is 309 g/mol. The number of hydrogen-bond acceptors (Lipinski definition) is 7. The number of nitrogen functional groups attached to an aromatic ring is 1. The second kappa shape index (κ2) is 6.70. The first kappa shape index (κ1) is 14.8. The normalized spacial score (nSPS) is 10.9. The van der Waals surface area contributed by atoms with Gasteiger partial charge in [0.15, 0.2) is 0 Å². The van der Waals surface area contributed by atoms with E-state index in [4.69, 9.17) is 11.6 Å². The van der Waals surface area contributed by atoms with E-state index in [0.29, 0.717) is 10.7 Å². The molecule has 0 aliphatic heterocycles. The molecular weight excluding hydrogens is 297 g/mol. The molecule has 1 aromatic carbocycles. The van der Waals surface area contributed by atoms with E-state index in [9.17, 15) is 9.18 Å². The number of carbonyl (C=O) groups excluding carboxylic acids is 1. The standard InChI is InChI=1S/C11H12FN7OS/c12-8-4-2-1-3-7(8)5-15-16-10-17-18-11(19(10)14)21-6-9(13)20/h1-5H,6,14H2,(H2,13,20)(H,16,17)/b15-5+. The average Bonchev–Trinajstić information content (AvgIpc) is 2.80. The van der Waals surface area contributed by atoms with Gasteiger partial charge in [-0.2, -0.15) is 5.10 Å². The maximum Gasteiger partial charge on any atom is 0.264 e. The lowest BCUT2D eigenvalue weighted by Gasteiger charge is -2.01. The SMILES string of the molecule is NC(=O)CSc1nnc(N/N=C/c2ccccc2F)n1N. The maximum absolute atomic E-state index is 13.4. The molecular formula is C11H12FN7OS. The zero-order valence-corrected chi connectivity index (χ0v) is 11.5. The summed E-state index contributed by atoms with van der Waals surface area (Å²) >= 11 is 1.05. The van der Waals surface area contributed by atoms with Crippen molar-refractivity contribution in [2.45, 2.75) is 5.16 Å². The Kier molecular flexibility index (Phi) is 4.72. The predicted octanol–water partition coefficient (Wildman–Crippen LogP) is 0.154. The molecule has 21 heavy (non-hydrogen) atoms. The van der Waals surface area contributed by atoms with Crippen LogP contribution in [-0.4, -0.2) is 32.7 Å². The van der Waals surface area contributed by atoms with E-state index in [1.807, 2.05) is 0 Å². The van der Waals surface area contributed by atoms with Gasteiger partial charge in [-0.25, -0.2) is 14.5 Å². The molecule has 0 saturated carbocycles. The van der Waals surface area contributed by atoms with Crippen molar-refractivity contribution >= 4 is 29.8 Å². The van der Waals surface area contributed by atoms with E-state index in [1.54, 1.807) is 18.2 Å². The molecule has 5 N–H and O–H groups in total. The minimum Gasteiger partial charge on any atom is -0.369 e. The molecule has 0 saturated heterocycles. The van der Waals surface area contributed by atoms with Crippen LogP contribution in [0, 0.1) is 5.82 Å². The smallest absolute Gasteiger partial charge is 0.264 e. The fraction of sp³-hybridized carbons (Fsp3) is 0.0909. The summed E-state index contributed by atoms with van der Waals surface area (Å²) in [6.07, 6.45) is 1.29. The highest BCUT2D eigenvalue weighted by Gasteiger charge is 2.10. The van der Waals surface area contributed by atoms with Crippen molar-refractivity contribution in [1.29, 1.82) is 0 Å². The molecule has 1 aromatic heterocycles. The number of thioether (sulfide) groups is 1. The topological polar surface area (TPSA) is 124 Å². The molecule has 0 bridgehead atoms. The number of primary amides is 1. The molecule has 0 aliphatic carbocycles. The Morgan fingerprint density at radius 3 is 2.95 bits per heavy atom. The summed E-state index contributed by atoms with van der Waals surface area (Å²) in [5, 5.41) is 11.6. The van der Waals surface area contributed by atoms with Gasteiger partial charge in [-0.1, -0.05) is 30.0 Å². The number of rotatable bonds is 6. The zero-order valence-electron chi connectivity index (χ0n) is 10.7. The van der Waals surface area contributed by atoms with Crippen molar-refractivity contribution in [3.05, 3.63) is 35.6 Å². The van der Waals surface area contributed by atoms with Gasteiger partial charge in [-0.05, 0) is 6.07 Å². The van der Waals surface area contributed by atoms with E-state index < -0.39 is 11.7 Å². The predicted molar refractivity (Wildman–Crippen MR) is 77.7 cm³/mol. The van der Waals surface area contributed by atoms with E-state index >= 15 is 0 Å². The van der Waals surface area contributed by atoms with E-state index in [1.165, 1.54) is 12.3 Å². The summed E-state index contributed by atoms with van der Waals surface area (Å²) in [6.45, 7) is 0. The second-order valence-corrected chi connectivity index (χ2v) is 4.77. The van der Waals surface area contributed by atoms with Gasteiger partial charge in [-0.3, -0.25) is 4.79 Å². The Labute approximate surface area is 123 Å². The van der Waals surface area contributed by atoms with E-state index in [0.717, 1.165) is 16.4 Å². The van der Waals surface area contributed by atoms with Crippen molar-refractivity contribution in [2.75, 3.05) is 17.0 Å². The maximum atomic E-state index is 13.4. The molecule has 2 aromatic rings. The largest absolute Gasteiger partial charge is 0.369 e. The molecule has 10 heteroatoms. The second-order valence-electron chi connectivity index (χ2n) is 3.82. The van der Waals surface area contributed by atoms with Crippen molar-refractivity contribution in [1.82, 2.24) is 14.9 Å². The van der Waals surface area contributed by atoms with Gasteiger partial charge in [0.05, 0.1) is 12.0 Å². The number of nitrogens with zero attached hydrogens (tertiary/aromatic N) is 4. The lowest BCUT2D eigenvalue weighted by Crippen LogP contribution is -2.16. The molecule has 0 unspecified atom stereocenters. The minimum absolute atomic E-state index is 0.0355. The lowest BCUT2D eigenvalue weighted by molar-refractivity contribution is -0.115. The number of nitrogens with two attached hydrogens (primary N) is 2. The lowest BCUT2D eigenvalue weighted by atomic mass is 10.2. The van der Waals surface area contributed by atoms with Crippen LogP contribution >= 0.6 is 11.8 Å². The highest BCUT2D eigenvalue weighted by atomic mass is 32.2. The molecule has 2 rings (SSSR count). The Morgan fingerprint density at radius 1 is 1.48 bits per heavy atom. The third-order valence-corrected chi connectivity index (χ3v) is 3.25. The summed E-state index contributed by atoms with van der Waals surface area (Å²) in [4.78, 5) is 10.7. The number of halogens is 1. The highest BCUT2D eigenvalue weighted by Crippen LogP contribution is 2.15. The highest BCUT2D eigenvalue weighted by molar-refractivity contribution is 7.99. The van der Waals surface area contributed by atoms with Crippen LogP contribution in [0.2, 0.25) is 0 Å². The van der Waals surface area contributed by atoms with Crippen LogP contribution in [0.15, 0.2) is 34.5 Å². The van der Waals surface area contributed by atoms with Crippen molar-refractivity contribution in [3.8, 4) is 0 Å². The summed E-state index contributed by atoms with van der Waals surface area (Å²) in [7, 11) is 0. The molecule has 1 heterocycles. The van der Waals surface area contributed by atoms with Gasteiger partial charge in [0.1, 0.15) is 5.82 Å². The van der Waals surface area contributed by atoms with Gasteiger partial charge in [0.2, 0.25) is 11.1 Å². The Bertz CT molecular complexity index is 672. The van der Waals surface area contributed by atoms with Gasteiger partial charge < -0.3 is 11.6 Å². The first-order valence-corrected chi connectivity index (χ1v) is 6.71. The van der Waals surface area contributed by atoms with Crippen LogP contribution < -0.4 is 17.0 Å². The number of hydrazone groups is 1. The van der Waals surface area contributed by atoms with Crippen LogP contribution in [0.4, 0.5) is 10.3 Å². The first-order chi connectivity index (χ1) is 10.1. The molecule has 0 radical (unpaired) electrons. The average molecular weight is 309 g/mol. The van der Waals surface area contributed by atoms with Crippen LogP contribution in [0.3, 0.4) is 0 Å². The fourth-order valence-electron chi connectivity index (χ4n) is 1.33. The van der Waals surface area contributed by atoms with E-state index in [-0.39, 0.29) is 11.7 Å². The third kappa shape index (κ3) is 3.92. The van der Waals surface area contributed by atoms with Crippen LogP contribution in [0.1, 0.15) is 5.56 Å². The van der Waals surface area contributed by atoms with Crippen molar-refractivity contribution in [2.24, 2.45) is 10.8 Å². The molecule has 0 aliphatic rings. The van der Waals surface area contributed by atoms with Gasteiger partial charge in [-0.15, -0.1) is 10.2 Å². The minimum atomic E-state index is -0.491. The third-order valence-electron chi connectivity index (χ3n) is 2.28. The number of anilines is 1. The molecule has 8 nitrogen and oxygen atoms in total. The number of amides is 1. The van der Waals surface area contributed by atoms with Crippen LogP contribution in [-0.2, 0) is 4.79 Å². The van der Waals surface area contributed by atoms with Gasteiger partial charge in [0.25, 0.3) is 5.95 Å². The molecule has 0 spiro atoms. The van der Waals surface area contributed by atoms with Crippen molar-refractivity contribution in [3.63, 3.8) is 0 Å². The number of nitrogens with one attached hydrogen (secondary N) is 1. The quantitative estimate of drug-likeness (QED) is 0.302. The summed E-state index contributed by atoms with van der Waals surface area (Å²) in [5.74, 6) is 5.01. The van der Waals surface area contributed by atoms with Gasteiger partial charge in [0, 0.05) is 5.56 Å². The summed E-state index contributed by atoms with van der Waals surface area (Å²) in [5.41, 5.74) is 7.87. The Balaban J connectivity index is 2.01. The summed E-state index contributed by atoms with van der Waals surface area (Å²) in [6, 6.07) is 6.17. The molecule has 0 atom stereocenters. The Morgan fingerprint density at radius 2 is 2.24 bits per heavy atom. The van der Waals surface area contributed by atoms with Crippen LogP contribution in [0.5, 0.6) is 0 Å². The zero-order chi connectivity index (χ0) is 15.2. The van der Waals surface area contributed by atoms with Gasteiger partial charge >= 0.3 is 0 Å². The molecule has 110 valence electrons. The fourth-order valence-corrected chi connectivity index (χ4v) is 1.92. The Hall–Kier alpha value is -2.62. The first-order valence-electron chi connectivity index (χ1n) is 5.73. The number of aromatic nitrogens is 3. The summed E-state index contributed by atoms with van der Waals surface area (Å²) < 4.78 is 14.5. The number of hydrogen-bond donors (Lipinski definition) is 3.